The highest BCUT2D eigenvalue weighted by atomic mass is 35.5. The first-order valence-corrected chi connectivity index (χ1v) is 9.93. The molecule has 1 fully saturated rings. The van der Waals surface area contributed by atoms with Gasteiger partial charge in [-0.1, -0.05) is 23.7 Å². The monoisotopic (exact) mass is 421 g/mol. The zero-order chi connectivity index (χ0) is 20.6. The number of ether oxygens (including phenoxy) is 1. The Balaban J connectivity index is 1.35. The lowest BCUT2D eigenvalue weighted by Gasteiger charge is -2.35. The van der Waals surface area contributed by atoms with Gasteiger partial charge in [0.15, 0.2) is 0 Å². The van der Waals surface area contributed by atoms with Crippen LogP contribution in [0.4, 0.5) is 10.1 Å². The zero-order valence-corrected chi connectivity index (χ0v) is 16.8. The molecule has 1 aliphatic rings. The minimum atomic E-state index is -0.625. The number of para-hydroxylation sites is 1. The molecule has 29 heavy (non-hydrogen) atoms. The van der Waals surface area contributed by atoms with Crippen molar-refractivity contribution >= 4 is 23.2 Å². The van der Waals surface area contributed by atoms with Crippen molar-refractivity contribution in [3.05, 3.63) is 59.4 Å². The van der Waals surface area contributed by atoms with Gasteiger partial charge in [-0.25, -0.2) is 4.39 Å². The molecule has 1 amide bonds. The Morgan fingerprint density at radius 1 is 1.10 bits per heavy atom. The van der Waals surface area contributed by atoms with E-state index in [9.17, 15) is 14.3 Å². The molecule has 2 aromatic rings. The number of rotatable bonds is 8. The van der Waals surface area contributed by atoms with Crippen LogP contribution in [0.2, 0.25) is 5.02 Å². The Bertz CT molecular complexity index is 798. The highest BCUT2D eigenvalue weighted by Gasteiger charge is 2.21. The van der Waals surface area contributed by atoms with E-state index in [-0.39, 0.29) is 24.9 Å². The van der Waals surface area contributed by atoms with Gasteiger partial charge in [0.05, 0.1) is 11.6 Å². The predicted molar refractivity (Wildman–Crippen MR) is 111 cm³/mol. The number of halogens is 2. The van der Waals surface area contributed by atoms with Gasteiger partial charge in [0, 0.05) is 38.4 Å². The Kier molecular flexibility index (Phi) is 7.83. The molecule has 156 valence electrons. The van der Waals surface area contributed by atoms with Gasteiger partial charge in [-0.15, -0.1) is 0 Å². The van der Waals surface area contributed by atoms with E-state index in [1.807, 2.05) is 12.1 Å². The van der Waals surface area contributed by atoms with E-state index in [1.54, 1.807) is 12.1 Å². The molecule has 1 heterocycles. The summed E-state index contributed by atoms with van der Waals surface area (Å²) in [6, 6.07) is 12.9. The van der Waals surface area contributed by atoms with Gasteiger partial charge in [-0.2, -0.15) is 0 Å². The molecule has 1 aliphatic heterocycles. The first-order chi connectivity index (χ1) is 14.0. The van der Waals surface area contributed by atoms with E-state index in [4.69, 9.17) is 16.3 Å². The molecule has 8 heteroatoms. The third-order valence-corrected chi connectivity index (χ3v) is 5.01. The van der Waals surface area contributed by atoms with Crippen molar-refractivity contribution in [3.63, 3.8) is 0 Å². The molecule has 0 spiro atoms. The number of aliphatic hydroxyl groups is 1. The lowest BCUT2D eigenvalue weighted by atomic mass is 10.2. The number of carbonyl (C=O) groups is 1. The first kappa shape index (κ1) is 21.5. The number of piperazine rings is 1. The molecule has 1 unspecified atom stereocenters. The second kappa shape index (κ2) is 10.5. The van der Waals surface area contributed by atoms with Crippen LogP contribution in [0.3, 0.4) is 0 Å². The van der Waals surface area contributed by atoms with Crippen LogP contribution in [-0.4, -0.2) is 72.8 Å². The molecule has 0 saturated carbocycles. The summed E-state index contributed by atoms with van der Waals surface area (Å²) in [6.07, 6.45) is -0.625. The first-order valence-electron chi connectivity index (χ1n) is 9.55. The highest BCUT2D eigenvalue weighted by molar-refractivity contribution is 6.32. The summed E-state index contributed by atoms with van der Waals surface area (Å²) >= 11 is 6.04. The smallest absolute Gasteiger partial charge is 0.238 e. The molecule has 0 aromatic heterocycles. The lowest BCUT2D eigenvalue weighted by Crippen LogP contribution is -2.50. The third-order valence-electron chi connectivity index (χ3n) is 4.70. The van der Waals surface area contributed by atoms with Crippen molar-refractivity contribution in [1.82, 2.24) is 9.80 Å². The van der Waals surface area contributed by atoms with Gasteiger partial charge < -0.3 is 15.2 Å². The number of nitrogens with zero attached hydrogens (tertiary/aromatic N) is 2. The number of hydrogen-bond donors (Lipinski definition) is 2. The lowest BCUT2D eigenvalue weighted by molar-refractivity contribution is -0.117. The Labute approximate surface area is 174 Å². The van der Waals surface area contributed by atoms with Crippen LogP contribution in [-0.2, 0) is 4.79 Å². The highest BCUT2D eigenvalue weighted by Crippen LogP contribution is 2.23. The average Bonchev–Trinajstić information content (AvgIpc) is 2.70. The topological polar surface area (TPSA) is 65.0 Å². The standard InChI is InChI=1S/C21H25ClFN3O3/c22-19-3-1-2-4-20(19)29-15-18(27)13-25-9-11-26(12-10-25)14-21(28)24-17-7-5-16(23)6-8-17/h1-8,18,27H,9-15H2,(H,24,28). The maximum atomic E-state index is 12.9. The van der Waals surface area contributed by atoms with E-state index < -0.39 is 6.10 Å². The fraction of sp³-hybridized carbons (Fsp3) is 0.381. The van der Waals surface area contributed by atoms with Crippen molar-refractivity contribution in [3.8, 4) is 5.75 Å². The number of anilines is 1. The maximum absolute atomic E-state index is 12.9. The molecule has 6 nitrogen and oxygen atoms in total. The number of aliphatic hydroxyl groups excluding tert-OH is 1. The number of benzene rings is 2. The van der Waals surface area contributed by atoms with Crippen LogP contribution in [0.15, 0.2) is 48.5 Å². The SMILES string of the molecule is O=C(CN1CCN(CC(O)COc2ccccc2Cl)CC1)Nc1ccc(F)cc1. The minimum absolute atomic E-state index is 0.127. The van der Waals surface area contributed by atoms with Crippen molar-refractivity contribution in [1.29, 1.82) is 0 Å². The number of hydrogen-bond acceptors (Lipinski definition) is 5. The Hall–Kier alpha value is -2.19. The van der Waals surface area contributed by atoms with Crippen LogP contribution in [0.5, 0.6) is 5.75 Å². The number of amides is 1. The molecule has 0 bridgehead atoms. The van der Waals surface area contributed by atoms with Crippen LogP contribution in [0.1, 0.15) is 0 Å². The molecule has 0 radical (unpaired) electrons. The van der Waals surface area contributed by atoms with E-state index in [0.29, 0.717) is 23.0 Å². The molecular weight excluding hydrogens is 397 g/mol. The minimum Gasteiger partial charge on any atom is -0.489 e. The number of carbonyl (C=O) groups excluding carboxylic acids is 1. The molecule has 0 aliphatic carbocycles. The summed E-state index contributed by atoms with van der Waals surface area (Å²) in [5, 5.41) is 13.5. The van der Waals surface area contributed by atoms with Crippen molar-refractivity contribution < 1.29 is 19.0 Å². The summed E-state index contributed by atoms with van der Waals surface area (Å²) in [6.45, 7) is 3.93. The maximum Gasteiger partial charge on any atom is 0.238 e. The van der Waals surface area contributed by atoms with Crippen LogP contribution >= 0.6 is 11.6 Å². The van der Waals surface area contributed by atoms with Crippen LogP contribution < -0.4 is 10.1 Å². The Morgan fingerprint density at radius 2 is 1.76 bits per heavy atom. The van der Waals surface area contributed by atoms with E-state index in [0.717, 1.165) is 26.2 Å². The van der Waals surface area contributed by atoms with Gasteiger partial charge in [0.1, 0.15) is 24.3 Å². The number of nitrogens with one attached hydrogen (secondary N) is 1. The van der Waals surface area contributed by atoms with Gasteiger partial charge in [-0.05, 0) is 36.4 Å². The van der Waals surface area contributed by atoms with E-state index >= 15 is 0 Å². The quantitative estimate of drug-likeness (QED) is 0.685. The summed E-state index contributed by atoms with van der Waals surface area (Å²) in [7, 11) is 0. The molecule has 2 aromatic carbocycles. The van der Waals surface area contributed by atoms with E-state index in [2.05, 4.69) is 15.1 Å². The van der Waals surface area contributed by atoms with Gasteiger partial charge in [0.25, 0.3) is 0 Å². The predicted octanol–water partition coefficient (Wildman–Crippen LogP) is 2.48. The molecule has 2 N–H and O–H groups in total. The average molecular weight is 422 g/mol. The molecule has 3 rings (SSSR count). The summed E-state index contributed by atoms with van der Waals surface area (Å²) in [4.78, 5) is 16.4. The van der Waals surface area contributed by atoms with Crippen molar-refractivity contribution in [2.45, 2.75) is 6.10 Å². The fourth-order valence-electron chi connectivity index (χ4n) is 3.17. The van der Waals surface area contributed by atoms with Gasteiger partial charge in [-0.3, -0.25) is 14.6 Å². The molecular formula is C21H25ClFN3O3. The van der Waals surface area contributed by atoms with Gasteiger partial charge >= 0.3 is 0 Å². The van der Waals surface area contributed by atoms with Crippen molar-refractivity contribution in [2.24, 2.45) is 0 Å². The fourth-order valence-corrected chi connectivity index (χ4v) is 3.36. The molecule has 1 atom stereocenters. The summed E-state index contributed by atoms with van der Waals surface area (Å²) in [5.41, 5.74) is 0.580. The van der Waals surface area contributed by atoms with Crippen LogP contribution in [0, 0.1) is 5.82 Å². The largest absolute Gasteiger partial charge is 0.489 e. The summed E-state index contributed by atoms with van der Waals surface area (Å²) in [5.74, 6) is 0.0991. The second-order valence-electron chi connectivity index (χ2n) is 7.03. The van der Waals surface area contributed by atoms with Gasteiger partial charge in [0.2, 0.25) is 5.91 Å². The van der Waals surface area contributed by atoms with E-state index in [1.165, 1.54) is 24.3 Å². The summed E-state index contributed by atoms with van der Waals surface area (Å²) < 4.78 is 18.5. The third kappa shape index (κ3) is 6.97. The normalized spacial score (nSPS) is 16.4. The van der Waals surface area contributed by atoms with Crippen LogP contribution in [0.25, 0.3) is 0 Å². The number of β-amino-alcohol motifs (C(OH)–C–C–N with tert-alkyl or cyclic N) is 1. The molecule has 1 saturated heterocycles. The second-order valence-corrected chi connectivity index (χ2v) is 7.43. The zero-order valence-electron chi connectivity index (χ0n) is 16.1. The van der Waals surface area contributed by atoms with Crippen molar-refractivity contribution in [2.75, 3.05) is 51.2 Å². The Morgan fingerprint density at radius 3 is 2.45 bits per heavy atom.